The van der Waals surface area contributed by atoms with Gasteiger partial charge < -0.3 is 20.3 Å². The van der Waals surface area contributed by atoms with Gasteiger partial charge in [-0.25, -0.2) is 4.79 Å². The van der Waals surface area contributed by atoms with Crippen LogP contribution in [-0.4, -0.2) is 36.9 Å². The van der Waals surface area contributed by atoms with Crippen LogP contribution in [0.5, 0.6) is 5.75 Å². The van der Waals surface area contributed by atoms with Gasteiger partial charge in [-0.15, -0.1) is 0 Å². The molecule has 0 aliphatic rings. The number of ether oxygens (including phenoxy) is 2. The van der Waals surface area contributed by atoms with Gasteiger partial charge in [0.25, 0.3) is 0 Å². The first-order valence-corrected chi connectivity index (χ1v) is 5.90. The molecule has 0 saturated heterocycles. The number of nitrogens with two attached hydrogens (primary N) is 1. The molecule has 0 amide bonds. The van der Waals surface area contributed by atoms with E-state index in [4.69, 9.17) is 43.5 Å². The fraction of sp³-hybridized carbons (Fsp3) is 0.364. The predicted octanol–water partition coefficient (Wildman–Crippen LogP) is 1.23. The van der Waals surface area contributed by atoms with Crippen LogP contribution >= 0.6 is 23.2 Å². The van der Waals surface area contributed by atoms with Gasteiger partial charge in [-0.05, 0) is 18.2 Å². The first-order chi connectivity index (χ1) is 8.56. The molecule has 1 aromatic rings. The number of hydrogen-bond acceptors (Lipinski definition) is 5. The summed E-state index contributed by atoms with van der Waals surface area (Å²) in [5.74, 6) is -0.308. The van der Waals surface area contributed by atoms with Crippen LogP contribution in [0.15, 0.2) is 18.2 Å². The van der Waals surface area contributed by atoms with Crippen LogP contribution in [-0.2, 0) is 28.1 Å². The molecule has 0 heterocycles. The first kappa shape index (κ1) is 18.6. The van der Waals surface area contributed by atoms with E-state index >= 15 is 0 Å². The zero-order valence-corrected chi connectivity index (χ0v) is 12.8. The SMILES string of the molecule is NCC(CO)OC(=O)COc1ccc(Cl)cc1Cl.[V]. The average molecular weight is 345 g/mol. The van der Waals surface area contributed by atoms with Gasteiger partial charge in [0, 0.05) is 30.1 Å². The van der Waals surface area contributed by atoms with Crippen molar-refractivity contribution in [2.45, 2.75) is 6.10 Å². The molecule has 0 spiro atoms. The van der Waals surface area contributed by atoms with Gasteiger partial charge in [-0.3, -0.25) is 0 Å². The number of halogens is 2. The number of hydrogen-bond donors (Lipinski definition) is 2. The third-order valence-corrected chi connectivity index (χ3v) is 2.53. The van der Waals surface area contributed by atoms with Gasteiger partial charge in [0.2, 0.25) is 0 Å². The maximum absolute atomic E-state index is 11.3. The minimum absolute atomic E-state index is 0. The second kappa shape index (κ2) is 9.47. The van der Waals surface area contributed by atoms with Gasteiger partial charge in [0.15, 0.2) is 6.61 Å². The molecule has 1 unspecified atom stereocenters. The zero-order chi connectivity index (χ0) is 13.5. The molecule has 0 fully saturated rings. The van der Waals surface area contributed by atoms with Crippen LogP contribution in [0.4, 0.5) is 0 Å². The van der Waals surface area contributed by atoms with Crippen LogP contribution in [0, 0.1) is 0 Å². The van der Waals surface area contributed by atoms with Crippen molar-refractivity contribution in [1.29, 1.82) is 0 Å². The molecule has 0 bridgehead atoms. The third kappa shape index (κ3) is 6.52. The Morgan fingerprint density at radius 2 is 2.11 bits per heavy atom. The second-order valence-electron chi connectivity index (χ2n) is 3.39. The molecule has 0 aromatic heterocycles. The summed E-state index contributed by atoms with van der Waals surface area (Å²) in [7, 11) is 0. The van der Waals surface area contributed by atoms with E-state index in [0.29, 0.717) is 15.8 Å². The molecule has 19 heavy (non-hydrogen) atoms. The number of carbonyl (C=O) groups excluding carboxylic acids is 1. The first-order valence-electron chi connectivity index (χ1n) is 5.15. The summed E-state index contributed by atoms with van der Waals surface area (Å²) in [5.41, 5.74) is 5.27. The van der Waals surface area contributed by atoms with E-state index in [-0.39, 0.29) is 38.3 Å². The number of carbonyl (C=O) groups is 1. The Morgan fingerprint density at radius 1 is 1.42 bits per heavy atom. The van der Waals surface area contributed by atoms with Crippen molar-refractivity contribution in [3.05, 3.63) is 28.2 Å². The summed E-state index contributed by atoms with van der Waals surface area (Å²) < 4.78 is 9.98. The second-order valence-corrected chi connectivity index (χ2v) is 4.24. The summed E-state index contributed by atoms with van der Waals surface area (Å²) in [6.07, 6.45) is -0.721. The van der Waals surface area contributed by atoms with E-state index < -0.39 is 12.1 Å². The molecule has 8 heteroatoms. The predicted molar refractivity (Wildman–Crippen MR) is 68.0 cm³/mol. The summed E-state index contributed by atoms with van der Waals surface area (Å²) in [6, 6.07) is 4.63. The maximum Gasteiger partial charge on any atom is 0.344 e. The van der Waals surface area contributed by atoms with E-state index in [0.717, 1.165) is 0 Å². The molecular formula is C11H13Cl2NO4V. The van der Waals surface area contributed by atoms with E-state index in [2.05, 4.69) is 0 Å². The number of rotatable bonds is 6. The number of aliphatic hydroxyl groups excluding tert-OH is 1. The Hall–Kier alpha value is -0.426. The Morgan fingerprint density at radius 3 is 2.63 bits per heavy atom. The van der Waals surface area contributed by atoms with E-state index in [1.165, 1.54) is 6.07 Å². The molecule has 0 aliphatic carbocycles. The van der Waals surface area contributed by atoms with Crippen molar-refractivity contribution in [3.8, 4) is 5.75 Å². The van der Waals surface area contributed by atoms with Crippen molar-refractivity contribution in [1.82, 2.24) is 0 Å². The number of benzene rings is 1. The molecule has 0 saturated carbocycles. The van der Waals surface area contributed by atoms with Gasteiger partial charge in [0.1, 0.15) is 11.9 Å². The van der Waals surface area contributed by atoms with Crippen LogP contribution in [0.2, 0.25) is 10.0 Å². The Bertz CT molecular complexity index is 416. The Kier molecular flexibility index (Phi) is 9.26. The molecule has 105 valence electrons. The summed E-state index contributed by atoms with van der Waals surface area (Å²) in [6.45, 7) is -0.605. The average Bonchev–Trinajstić information content (AvgIpc) is 2.35. The van der Waals surface area contributed by atoms with Crippen molar-refractivity contribution in [2.75, 3.05) is 19.8 Å². The molecule has 5 nitrogen and oxygen atoms in total. The van der Waals surface area contributed by atoms with Crippen LogP contribution < -0.4 is 10.5 Å². The van der Waals surface area contributed by atoms with Crippen molar-refractivity contribution in [3.63, 3.8) is 0 Å². The molecular weight excluding hydrogens is 332 g/mol. The Balaban J connectivity index is 0.00000324. The Labute approximate surface area is 132 Å². The summed E-state index contributed by atoms with van der Waals surface area (Å²) in [5, 5.41) is 9.57. The van der Waals surface area contributed by atoms with Crippen molar-refractivity contribution in [2.24, 2.45) is 5.73 Å². The van der Waals surface area contributed by atoms with Gasteiger partial charge in [0.05, 0.1) is 11.6 Å². The molecule has 1 aromatic carbocycles. The fourth-order valence-electron chi connectivity index (χ4n) is 1.11. The smallest absolute Gasteiger partial charge is 0.344 e. The van der Waals surface area contributed by atoms with E-state index in [1.54, 1.807) is 12.1 Å². The third-order valence-electron chi connectivity index (χ3n) is 2.00. The van der Waals surface area contributed by atoms with Crippen molar-refractivity contribution >= 4 is 29.2 Å². The number of esters is 1. The molecule has 1 atom stereocenters. The molecule has 1 rings (SSSR count). The van der Waals surface area contributed by atoms with Gasteiger partial charge in [-0.2, -0.15) is 0 Å². The maximum atomic E-state index is 11.3. The van der Waals surface area contributed by atoms with Crippen molar-refractivity contribution < 1.29 is 37.9 Å². The quantitative estimate of drug-likeness (QED) is 0.758. The minimum atomic E-state index is -0.721. The van der Waals surface area contributed by atoms with Gasteiger partial charge in [-0.1, -0.05) is 23.2 Å². The van der Waals surface area contributed by atoms with E-state index in [9.17, 15) is 4.79 Å². The van der Waals surface area contributed by atoms with Crippen LogP contribution in [0.3, 0.4) is 0 Å². The molecule has 1 radical (unpaired) electrons. The normalized spacial score (nSPS) is 11.4. The number of aliphatic hydroxyl groups is 1. The topological polar surface area (TPSA) is 81.8 Å². The molecule has 0 aliphatic heterocycles. The van der Waals surface area contributed by atoms with Gasteiger partial charge >= 0.3 is 5.97 Å². The summed E-state index contributed by atoms with van der Waals surface area (Å²) in [4.78, 5) is 11.3. The summed E-state index contributed by atoms with van der Waals surface area (Å²) >= 11 is 11.6. The van der Waals surface area contributed by atoms with Crippen LogP contribution in [0.1, 0.15) is 0 Å². The van der Waals surface area contributed by atoms with E-state index in [1.807, 2.05) is 0 Å². The monoisotopic (exact) mass is 344 g/mol. The fourth-order valence-corrected chi connectivity index (χ4v) is 1.57. The minimum Gasteiger partial charge on any atom is -0.480 e. The molecule has 3 N–H and O–H groups in total. The standard InChI is InChI=1S/C11H13Cl2NO4.V/c12-7-1-2-10(9(13)3-7)17-6-11(16)18-8(4-14)5-15;/h1-3,8,15H,4-6,14H2;. The largest absolute Gasteiger partial charge is 0.480 e. The zero-order valence-electron chi connectivity index (χ0n) is 9.88. The van der Waals surface area contributed by atoms with Crippen LogP contribution in [0.25, 0.3) is 0 Å².